The van der Waals surface area contributed by atoms with E-state index in [0.717, 1.165) is 18.5 Å². The summed E-state index contributed by atoms with van der Waals surface area (Å²) in [5.74, 6) is 3.51. The zero-order valence-corrected chi connectivity index (χ0v) is 9.06. The predicted molar refractivity (Wildman–Crippen MR) is 59.1 cm³/mol. The normalized spacial score (nSPS) is 36.7. The van der Waals surface area contributed by atoms with Crippen LogP contribution in [0, 0.1) is 5.92 Å². The van der Waals surface area contributed by atoms with Crippen molar-refractivity contribution >= 4 is 11.8 Å². The van der Waals surface area contributed by atoms with Crippen LogP contribution in [-0.2, 0) is 0 Å². The summed E-state index contributed by atoms with van der Waals surface area (Å²) in [6, 6.07) is 0.874. The lowest BCUT2D eigenvalue weighted by Gasteiger charge is -2.36. The van der Waals surface area contributed by atoms with Gasteiger partial charge in [-0.2, -0.15) is 11.8 Å². The zero-order chi connectivity index (χ0) is 9.10. The Kier molecular flexibility index (Phi) is 3.52. The quantitative estimate of drug-likeness (QED) is 0.725. The SMILES string of the molecule is NC[C@@H]1CCCN([C@H]2CCSC2)C1. The summed E-state index contributed by atoms with van der Waals surface area (Å²) in [5.41, 5.74) is 5.73. The molecule has 2 atom stereocenters. The van der Waals surface area contributed by atoms with E-state index in [-0.39, 0.29) is 0 Å². The highest BCUT2D eigenvalue weighted by Crippen LogP contribution is 2.26. The Bertz CT molecular complexity index is 157. The maximum atomic E-state index is 5.73. The fourth-order valence-electron chi connectivity index (χ4n) is 2.43. The van der Waals surface area contributed by atoms with Gasteiger partial charge in [-0.3, -0.25) is 4.90 Å². The number of thioether (sulfide) groups is 1. The number of rotatable bonds is 2. The van der Waals surface area contributed by atoms with Crippen LogP contribution in [0.2, 0.25) is 0 Å². The smallest absolute Gasteiger partial charge is 0.0194 e. The highest BCUT2D eigenvalue weighted by molar-refractivity contribution is 7.99. The van der Waals surface area contributed by atoms with Crippen molar-refractivity contribution < 1.29 is 0 Å². The summed E-state index contributed by atoms with van der Waals surface area (Å²) < 4.78 is 0. The fraction of sp³-hybridized carbons (Fsp3) is 1.00. The molecule has 0 aliphatic carbocycles. The van der Waals surface area contributed by atoms with E-state index in [1.54, 1.807) is 0 Å². The van der Waals surface area contributed by atoms with Crippen molar-refractivity contribution in [1.29, 1.82) is 0 Å². The molecule has 76 valence electrons. The molecular formula is C10H20N2S. The number of likely N-dealkylation sites (tertiary alicyclic amines) is 1. The molecule has 0 bridgehead atoms. The second-order valence-electron chi connectivity index (χ2n) is 4.26. The molecule has 0 amide bonds. The predicted octanol–water partition coefficient (Wildman–Crippen LogP) is 1.16. The first-order valence-electron chi connectivity index (χ1n) is 5.42. The summed E-state index contributed by atoms with van der Waals surface area (Å²) in [4.78, 5) is 2.68. The van der Waals surface area contributed by atoms with Crippen LogP contribution in [0.25, 0.3) is 0 Å². The minimum absolute atomic E-state index is 0.777. The van der Waals surface area contributed by atoms with Crippen molar-refractivity contribution in [3.05, 3.63) is 0 Å². The molecule has 2 saturated heterocycles. The molecule has 0 aromatic heterocycles. The van der Waals surface area contributed by atoms with Crippen molar-refractivity contribution in [1.82, 2.24) is 4.90 Å². The highest BCUT2D eigenvalue weighted by Gasteiger charge is 2.27. The van der Waals surface area contributed by atoms with E-state index >= 15 is 0 Å². The molecule has 2 aliphatic heterocycles. The van der Waals surface area contributed by atoms with Crippen molar-refractivity contribution in [3.63, 3.8) is 0 Å². The molecule has 0 aromatic rings. The van der Waals surface area contributed by atoms with Crippen LogP contribution < -0.4 is 5.73 Å². The van der Waals surface area contributed by atoms with Gasteiger partial charge in [0.15, 0.2) is 0 Å². The van der Waals surface area contributed by atoms with Crippen LogP contribution in [0.15, 0.2) is 0 Å². The Morgan fingerprint density at radius 1 is 1.38 bits per heavy atom. The Hall–Kier alpha value is 0.270. The summed E-state index contributed by atoms with van der Waals surface area (Å²) in [5, 5.41) is 0. The molecule has 2 heterocycles. The van der Waals surface area contributed by atoms with Crippen LogP contribution >= 0.6 is 11.8 Å². The molecular weight excluding hydrogens is 180 g/mol. The van der Waals surface area contributed by atoms with Crippen molar-refractivity contribution in [2.45, 2.75) is 25.3 Å². The summed E-state index contributed by atoms with van der Waals surface area (Å²) >= 11 is 2.11. The first-order valence-corrected chi connectivity index (χ1v) is 6.57. The molecule has 0 unspecified atom stereocenters. The minimum atomic E-state index is 0.777. The van der Waals surface area contributed by atoms with Gasteiger partial charge in [0.1, 0.15) is 0 Å². The van der Waals surface area contributed by atoms with Crippen molar-refractivity contribution in [2.75, 3.05) is 31.1 Å². The topological polar surface area (TPSA) is 29.3 Å². The van der Waals surface area contributed by atoms with Gasteiger partial charge in [-0.05, 0) is 44.0 Å². The lowest BCUT2D eigenvalue weighted by Crippen LogP contribution is -2.44. The first-order chi connectivity index (χ1) is 6.40. The fourth-order valence-corrected chi connectivity index (χ4v) is 3.69. The van der Waals surface area contributed by atoms with Crippen LogP contribution in [-0.4, -0.2) is 42.1 Å². The molecule has 0 aromatic carbocycles. The van der Waals surface area contributed by atoms with E-state index in [9.17, 15) is 0 Å². The molecule has 0 saturated carbocycles. The Labute approximate surface area is 85.2 Å². The van der Waals surface area contributed by atoms with Gasteiger partial charge in [0, 0.05) is 18.3 Å². The molecule has 2 nitrogen and oxygen atoms in total. The molecule has 2 N–H and O–H groups in total. The number of nitrogens with zero attached hydrogens (tertiary/aromatic N) is 1. The van der Waals surface area contributed by atoms with Gasteiger partial charge >= 0.3 is 0 Å². The summed E-state index contributed by atoms with van der Waals surface area (Å²) in [6.07, 6.45) is 4.12. The van der Waals surface area contributed by atoms with Gasteiger partial charge in [-0.1, -0.05) is 0 Å². The average Bonchev–Trinajstić information content (AvgIpc) is 2.71. The number of hydrogen-bond donors (Lipinski definition) is 1. The van der Waals surface area contributed by atoms with Crippen LogP contribution in [0.5, 0.6) is 0 Å². The second-order valence-corrected chi connectivity index (χ2v) is 5.41. The van der Waals surface area contributed by atoms with Gasteiger partial charge in [-0.15, -0.1) is 0 Å². The lowest BCUT2D eigenvalue weighted by atomic mass is 9.97. The zero-order valence-electron chi connectivity index (χ0n) is 8.24. The molecule has 2 rings (SSSR count). The lowest BCUT2D eigenvalue weighted by molar-refractivity contribution is 0.137. The maximum absolute atomic E-state index is 5.73. The van der Waals surface area contributed by atoms with E-state index in [4.69, 9.17) is 5.73 Å². The molecule has 0 radical (unpaired) electrons. The Morgan fingerprint density at radius 3 is 3.00 bits per heavy atom. The largest absolute Gasteiger partial charge is 0.330 e. The molecule has 13 heavy (non-hydrogen) atoms. The van der Waals surface area contributed by atoms with Gasteiger partial charge in [0.2, 0.25) is 0 Å². The van der Waals surface area contributed by atoms with Crippen LogP contribution in [0.1, 0.15) is 19.3 Å². The van der Waals surface area contributed by atoms with Gasteiger partial charge in [-0.25, -0.2) is 0 Å². The third-order valence-electron chi connectivity index (χ3n) is 3.31. The number of piperidine rings is 1. The van der Waals surface area contributed by atoms with Crippen LogP contribution in [0.4, 0.5) is 0 Å². The minimum Gasteiger partial charge on any atom is -0.330 e. The van der Waals surface area contributed by atoms with E-state index in [1.807, 2.05) is 0 Å². The molecule has 3 heteroatoms. The van der Waals surface area contributed by atoms with E-state index in [0.29, 0.717) is 0 Å². The standard InChI is InChI=1S/C10H20N2S/c11-6-9-2-1-4-12(7-9)10-3-5-13-8-10/h9-10H,1-8,11H2/t9-,10-/m0/s1. The second kappa shape index (κ2) is 4.67. The van der Waals surface area contributed by atoms with Crippen molar-refractivity contribution in [3.8, 4) is 0 Å². The van der Waals surface area contributed by atoms with Gasteiger partial charge in [0.25, 0.3) is 0 Å². The third-order valence-corrected chi connectivity index (χ3v) is 4.45. The van der Waals surface area contributed by atoms with Crippen molar-refractivity contribution in [2.24, 2.45) is 11.7 Å². The third kappa shape index (κ3) is 2.39. The first kappa shape index (κ1) is 9.81. The number of nitrogens with two attached hydrogens (primary N) is 1. The summed E-state index contributed by atoms with van der Waals surface area (Å²) in [6.45, 7) is 3.47. The van der Waals surface area contributed by atoms with Gasteiger partial charge in [0.05, 0.1) is 0 Å². The Morgan fingerprint density at radius 2 is 2.31 bits per heavy atom. The molecule has 2 fully saturated rings. The maximum Gasteiger partial charge on any atom is 0.0194 e. The van der Waals surface area contributed by atoms with Gasteiger partial charge < -0.3 is 5.73 Å². The van der Waals surface area contributed by atoms with E-state index in [2.05, 4.69) is 16.7 Å². The molecule has 2 aliphatic rings. The number of hydrogen-bond acceptors (Lipinski definition) is 3. The van der Waals surface area contributed by atoms with E-state index in [1.165, 1.54) is 43.9 Å². The summed E-state index contributed by atoms with van der Waals surface area (Å²) in [7, 11) is 0. The van der Waals surface area contributed by atoms with Crippen LogP contribution in [0.3, 0.4) is 0 Å². The van der Waals surface area contributed by atoms with E-state index < -0.39 is 0 Å². The highest BCUT2D eigenvalue weighted by atomic mass is 32.2. The molecule has 0 spiro atoms. The monoisotopic (exact) mass is 200 g/mol. The average molecular weight is 200 g/mol. The Balaban J connectivity index is 1.84.